The molecule has 0 radical (unpaired) electrons. The monoisotopic (exact) mass is 281 g/mol. The number of carbonyl (C=O) groups excluding carboxylic acids is 1. The summed E-state index contributed by atoms with van der Waals surface area (Å²) in [6, 6.07) is 4.74. The predicted molar refractivity (Wildman–Crippen MR) is 69.5 cm³/mol. The molecule has 19 heavy (non-hydrogen) atoms. The molecule has 1 N–H and O–H groups in total. The van der Waals surface area contributed by atoms with Crippen molar-refractivity contribution in [3.8, 4) is 0 Å². The van der Waals surface area contributed by atoms with E-state index < -0.39 is 9.84 Å². The first-order valence-corrected chi connectivity index (χ1v) is 8.05. The Balaban J connectivity index is 1.87. The number of hydrogen-bond donors (Lipinski definition) is 1. The summed E-state index contributed by atoms with van der Waals surface area (Å²) in [5.74, 6) is -0.0263. The number of amides is 1. The van der Waals surface area contributed by atoms with Gasteiger partial charge in [-0.1, -0.05) is 6.07 Å². The minimum absolute atomic E-state index is 0.0449. The Morgan fingerprint density at radius 3 is 2.95 bits per heavy atom. The summed E-state index contributed by atoms with van der Waals surface area (Å²) in [4.78, 5) is 18.1. The van der Waals surface area contributed by atoms with E-state index in [-0.39, 0.29) is 29.5 Å². The third-order valence-corrected chi connectivity index (χ3v) is 5.34. The number of nitrogens with one attached hydrogen (secondary N) is 1. The minimum atomic E-state index is -3.05. The zero-order chi connectivity index (χ0) is 13.5. The molecule has 102 valence electrons. The number of rotatable bonds is 1. The van der Waals surface area contributed by atoms with E-state index in [1.54, 1.807) is 29.3 Å². The molecule has 0 aliphatic carbocycles. The van der Waals surface area contributed by atoms with Gasteiger partial charge in [-0.15, -0.1) is 0 Å². The quantitative estimate of drug-likeness (QED) is 0.736. The van der Waals surface area contributed by atoms with Crippen LogP contribution in [0.2, 0.25) is 0 Å². The summed E-state index contributed by atoms with van der Waals surface area (Å²) in [6.07, 6.45) is 1.57. The van der Waals surface area contributed by atoms with E-state index >= 15 is 0 Å². The van der Waals surface area contributed by atoms with Crippen molar-refractivity contribution in [2.75, 3.05) is 24.6 Å². The van der Waals surface area contributed by atoms with E-state index in [2.05, 4.69) is 10.3 Å². The van der Waals surface area contributed by atoms with Crippen LogP contribution >= 0.6 is 0 Å². The van der Waals surface area contributed by atoms with E-state index in [1.165, 1.54) is 0 Å². The molecule has 2 saturated heterocycles. The third-order valence-electron chi connectivity index (χ3n) is 3.63. The van der Waals surface area contributed by atoms with Crippen LogP contribution in [0.4, 0.5) is 0 Å². The maximum absolute atomic E-state index is 12.4. The highest BCUT2D eigenvalue weighted by Crippen LogP contribution is 2.22. The topological polar surface area (TPSA) is 79.4 Å². The Morgan fingerprint density at radius 2 is 2.21 bits per heavy atom. The average Bonchev–Trinajstić information content (AvgIpc) is 2.72. The fourth-order valence-electron chi connectivity index (χ4n) is 2.76. The largest absolute Gasteiger partial charge is 0.330 e. The molecule has 0 spiro atoms. The van der Waals surface area contributed by atoms with E-state index in [4.69, 9.17) is 0 Å². The Kier molecular flexibility index (Phi) is 3.02. The van der Waals surface area contributed by atoms with Crippen LogP contribution in [-0.4, -0.2) is 60.9 Å². The fourth-order valence-corrected chi connectivity index (χ4v) is 4.71. The van der Waals surface area contributed by atoms with Crippen LogP contribution in [0, 0.1) is 0 Å². The Hall–Kier alpha value is -1.47. The average molecular weight is 281 g/mol. The molecule has 6 nitrogen and oxygen atoms in total. The lowest BCUT2D eigenvalue weighted by Gasteiger charge is -2.37. The van der Waals surface area contributed by atoms with Gasteiger partial charge in [0.25, 0.3) is 5.91 Å². The SMILES string of the molecule is O=C(c1ccccn1)N1CCN[C@@H]2CS(=O)(=O)C[C@@H]21. The van der Waals surface area contributed by atoms with E-state index in [0.717, 1.165) is 0 Å². The summed E-state index contributed by atoms with van der Waals surface area (Å²) in [7, 11) is -3.05. The lowest BCUT2D eigenvalue weighted by molar-refractivity contribution is 0.0615. The minimum Gasteiger partial charge on any atom is -0.330 e. The van der Waals surface area contributed by atoms with Crippen molar-refractivity contribution >= 4 is 15.7 Å². The van der Waals surface area contributed by atoms with Crippen molar-refractivity contribution < 1.29 is 13.2 Å². The maximum Gasteiger partial charge on any atom is 0.272 e. The standard InChI is InChI=1S/C12H15N3O3S/c16-12(9-3-1-2-4-13-9)15-6-5-14-10-7-19(17,18)8-11(10)15/h1-4,10-11,14H,5-8H2/t10-,11+/m1/s1. The van der Waals surface area contributed by atoms with Gasteiger partial charge in [-0.05, 0) is 12.1 Å². The molecule has 0 unspecified atom stereocenters. The van der Waals surface area contributed by atoms with Gasteiger partial charge in [0.1, 0.15) is 5.69 Å². The van der Waals surface area contributed by atoms with E-state index in [0.29, 0.717) is 18.8 Å². The second-order valence-corrected chi connectivity index (χ2v) is 7.07. The number of aromatic nitrogens is 1. The molecule has 2 aliphatic heterocycles. The van der Waals surface area contributed by atoms with Gasteiger partial charge >= 0.3 is 0 Å². The number of pyridine rings is 1. The van der Waals surface area contributed by atoms with Gasteiger partial charge in [-0.25, -0.2) is 8.42 Å². The van der Waals surface area contributed by atoms with Gasteiger partial charge in [0.05, 0.1) is 17.5 Å². The van der Waals surface area contributed by atoms with E-state index in [9.17, 15) is 13.2 Å². The molecular formula is C12H15N3O3S. The molecule has 3 rings (SSSR count). The molecule has 2 aliphatic rings. The van der Waals surface area contributed by atoms with Crippen LogP contribution in [0.25, 0.3) is 0 Å². The first-order chi connectivity index (χ1) is 9.07. The number of piperazine rings is 1. The highest BCUT2D eigenvalue weighted by Gasteiger charge is 2.44. The van der Waals surface area contributed by atoms with E-state index in [1.807, 2.05) is 0 Å². The van der Waals surface area contributed by atoms with Crippen LogP contribution < -0.4 is 5.32 Å². The van der Waals surface area contributed by atoms with Crippen molar-refractivity contribution in [2.45, 2.75) is 12.1 Å². The van der Waals surface area contributed by atoms with Gasteiger partial charge in [0, 0.05) is 25.3 Å². The third kappa shape index (κ3) is 2.35. The summed E-state index contributed by atoms with van der Waals surface area (Å²) in [5, 5.41) is 3.18. The summed E-state index contributed by atoms with van der Waals surface area (Å²) in [5.41, 5.74) is 0.368. The molecule has 3 heterocycles. The normalized spacial score (nSPS) is 28.9. The van der Waals surface area contributed by atoms with Gasteiger partial charge in [0.15, 0.2) is 9.84 Å². The van der Waals surface area contributed by atoms with Crippen molar-refractivity contribution in [2.24, 2.45) is 0 Å². The van der Waals surface area contributed by atoms with Crippen molar-refractivity contribution in [1.82, 2.24) is 15.2 Å². The Labute approximate surface area is 111 Å². The molecule has 0 aromatic carbocycles. The lowest BCUT2D eigenvalue weighted by atomic mass is 10.1. The Bertz CT molecular complexity index is 587. The van der Waals surface area contributed by atoms with Crippen molar-refractivity contribution in [3.63, 3.8) is 0 Å². The number of nitrogens with zero attached hydrogens (tertiary/aromatic N) is 2. The zero-order valence-corrected chi connectivity index (χ0v) is 11.1. The highest BCUT2D eigenvalue weighted by molar-refractivity contribution is 7.91. The second kappa shape index (κ2) is 4.57. The van der Waals surface area contributed by atoms with Gasteiger partial charge < -0.3 is 10.2 Å². The van der Waals surface area contributed by atoms with Crippen LogP contribution in [0.1, 0.15) is 10.5 Å². The molecule has 2 fully saturated rings. The second-order valence-electron chi connectivity index (χ2n) is 4.92. The first-order valence-electron chi connectivity index (χ1n) is 6.23. The number of carbonyl (C=O) groups is 1. The molecular weight excluding hydrogens is 266 g/mol. The summed E-state index contributed by atoms with van der Waals surface area (Å²) in [6.45, 7) is 1.14. The van der Waals surface area contributed by atoms with Crippen LogP contribution in [0.5, 0.6) is 0 Å². The van der Waals surface area contributed by atoms with Crippen molar-refractivity contribution in [1.29, 1.82) is 0 Å². The smallest absolute Gasteiger partial charge is 0.272 e. The number of fused-ring (bicyclic) bond motifs is 1. The van der Waals surface area contributed by atoms with Gasteiger partial charge in [-0.3, -0.25) is 9.78 Å². The summed E-state index contributed by atoms with van der Waals surface area (Å²) >= 11 is 0. The number of sulfone groups is 1. The summed E-state index contributed by atoms with van der Waals surface area (Å²) < 4.78 is 23.4. The van der Waals surface area contributed by atoms with Crippen LogP contribution in [-0.2, 0) is 9.84 Å². The maximum atomic E-state index is 12.4. The molecule has 1 amide bonds. The molecule has 2 atom stereocenters. The highest BCUT2D eigenvalue weighted by atomic mass is 32.2. The van der Waals surface area contributed by atoms with Crippen LogP contribution in [0.15, 0.2) is 24.4 Å². The van der Waals surface area contributed by atoms with Crippen molar-refractivity contribution in [3.05, 3.63) is 30.1 Å². The Morgan fingerprint density at radius 1 is 1.37 bits per heavy atom. The molecule has 7 heteroatoms. The number of hydrogen-bond acceptors (Lipinski definition) is 5. The predicted octanol–water partition coefficient (Wildman–Crippen LogP) is -0.707. The van der Waals surface area contributed by atoms with Crippen LogP contribution in [0.3, 0.4) is 0 Å². The zero-order valence-electron chi connectivity index (χ0n) is 10.3. The molecule has 0 bridgehead atoms. The van der Waals surface area contributed by atoms with Gasteiger partial charge in [-0.2, -0.15) is 0 Å². The lowest BCUT2D eigenvalue weighted by Crippen LogP contribution is -2.59. The molecule has 1 aromatic rings. The molecule has 1 aromatic heterocycles. The van der Waals surface area contributed by atoms with Gasteiger partial charge in [0.2, 0.25) is 0 Å². The molecule has 0 saturated carbocycles. The first kappa shape index (κ1) is 12.6. The fraction of sp³-hybridized carbons (Fsp3) is 0.500.